The lowest BCUT2D eigenvalue weighted by molar-refractivity contribution is 0.0698. The van der Waals surface area contributed by atoms with Gasteiger partial charge in [0, 0.05) is 57.6 Å². The molecule has 3 rings (SSSR count). The molecule has 0 atom stereocenters. The van der Waals surface area contributed by atoms with Gasteiger partial charge in [0.1, 0.15) is 0 Å². The molecule has 0 unspecified atom stereocenters. The quantitative estimate of drug-likeness (QED) is 0.693. The number of carbonyl (C=O) groups is 1. The van der Waals surface area contributed by atoms with Gasteiger partial charge in [-0.05, 0) is 30.3 Å². The van der Waals surface area contributed by atoms with Crippen LogP contribution in [0.5, 0.6) is 11.5 Å². The zero-order chi connectivity index (χ0) is 21.9. The van der Waals surface area contributed by atoms with Crippen LogP contribution in [0.25, 0.3) is 0 Å². The highest BCUT2D eigenvalue weighted by Gasteiger charge is 2.31. The summed E-state index contributed by atoms with van der Waals surface area (Å²) in [5, 5.41) is 0. The smallest absolute Gasteiger partial charge is 0.254 e. The number of hydrogen-bond acceptors (Lipinski definition) is 6. The second kappa shape index (κ2) is 8.93. The molecule has 0 spiro atoms. The van der Waals surface area contributed by atoms with Crippen molar-refractivity contribution in [1.82, 2.24) is 9.21 Å². The number of rotatable bonds is 6. The zero-order valence-corrected chi connectivity index (χ0v) is 18.5. The van der Waals surface area contributed by atoms with Gasteiger partial charge in [0.2, 0.25) is 10.0 Å². The van der Waals surface area contributed by atoms with Crippen molar-refractivity contribution < 1.29 is 22.7 Å². The van der Waals surface area contributed by atoms with Crippen LogP contribution in [0.15, 0.2) is 47.4 Å². The molecule has 0 aromatic heterocycles. The summed E-state index contributed by atoms with van der Waals surface area (Å²) in [4.78, 5) is 16.6. The van der Waals surface area contributed by atoms with E-state index in [-0.39, 0.29) is 23.9 Å². The molecule has 1 amide bonds. The Hall–Kier alpha value is -2.78. The van der Waals surface area contributed by atoms with Gasteiger partial charge in [0.25, 0.3) is 5.91 Å². The van der Waals surface area contributed by atoms with E-state index in [0.29, 0.717) is 30.2 Å². The molecule has 2 aromatic rings. The average Bonchev–Trinajstić information content (AvgIpc) is 2.78. The summed E-state index contributed by atoms with van der Waals surface area (Å²) in [7, 11) is 3.10. The van der Waals surface area contributed by atoms with Crippen LogP contribution in [0, 0.1) is 0 Å². The van der Waals surface area contributed by atoms with Gasteiger partial charge in [0.05, 0.1) is 19.1 Å². The first kappa shape index (κ1) is 21.9. The number of methoxy groups -OCH3 is 2. The highest BCUT2D eigenvalue weighted by Crippen LogP contribution is 2.31. The summed E-state index contributed by atoms with van der Waals surface area (Å²) in [6.45, 7) is 1.13. The van der Waals surface area contributed by atoms with Crippen LogP contribution in [-0.2, 0) is 10.0 Å². The van der Waals surface area contributed by atoms with Crippen LogP contribution in [0.1, 0.15) is 10.4 Å². The van der Waals surface area contributed by atoms with Gasteiger partial charge in [-0.2, -0.15) is 4.31 Å². The van der Waals surface area contributed by atoms with Crippen LogP contribution >= 0.6 is 0 Å². The number of carbonyl (C=O) groups excluding carboxylic acids is 1. The monoisotopic (exact) mass is 433 g/mol. The third-order valence-electron chi connectivity index (χ3n) is 5.13. The maximum Gasteiger partial charge on any atom is 0.254 e. The van der Waals surface area contributed by atoms with E-state index >= 15 is 0 Å². The van der Waals surface area contributed by atoms with Gasteiger partial charge in [-0.1, -0.05) is 6.07 Å². The molecule has 0 radical (unpaired) electrons. The third kappa shape index (κ3) is 4.36. The summed E-state index contributed by atoms with van der Waals surface area (Å²) >= 11 is 0. The Bertz CT molecular complexity index is 1020. The molecule has 2 aromatic carbocycles. The summed E-state index contributed by atoms with van der Waals surface area (Å²) < 4.78 is 37.9. The maximum atomic E-state index is 13.0. The van der Waals surface area contributed by atoms with Gasteiger partial charge in [0.15, 0.2) is 11.5 Å². The first-order valence-electron chi connectivity index (χ1n) is 9.56. The number of nitrogens with zero attached hydrogens (tertiary/aromatic N) is 3. The molecule has 30 heavy (non-hydrogen) atoms. The minimum atomic E-state index is -3.70. The highest BCUT2D eigenvalue weighted by atomic mass is 32.2. The number of benzene rings is 2. The summed E-state index contributed by atoms with van der Waals surface area (Å²) in [5.74, 6) is 0.724. The fraction of sp³-hybridized carbons (Fsp3) is 0.381. The largest absolute Gasteiger partial charge is 0.493 e. The fourth-order valence-corrected chi connectivity index (χ4v) is 4.80. The molecule has 162 valence electrons. The van der Waals surface area contributed by atoms with Crippen molar-refractivity contribution in [1.29, 1.82) is 0 Å². The summed E-state index contributed by atoms with van der Waals surface area (Å²) in [6.07, 6.45) is 0. The molecule has 1 heterocycles. The second-order valence-electron chi connectivity index (χ2n) is 7.16. The van der Waals surface area contributed by atoms with Crippen molar-refractivity contribution in [3.63, 3.8) is 0 Å². The van der Waals surface area contributed by atoms with Gasteiger partial charge >= 0.3 is 0 Å². The molecule has 0 bridgehead atoms. The normalized spacial score (nSPS) is 15.0. The molecule has 8 nitrogen and oxygen atoms in total. The minimum absolute atomic E-state index is 0.0955. The van der Waals surface area contributed by atoms with E-state index in [0.717, 1.165) is 5.69 Å². The summed E-state index contributed by atoms with van der Waals surface area (Å²) in [6, 6.07) is 11.9. The number of hydrogen-bond donors (Lipinski definition) is 0. The molecule has 1 saturated heterocycles. The minimum Gasteiger partial charge on any atom is -0.493 e. The van der Waals surface area contributed by atoms with Crippen molar-refractivity contribution in [2.75, 3.05) is 59.4 Å². The topological polar surface area (TPSA) is 79.4 Å². The van der Waals surface area contributed by atoms with E-state index in [1.807, 2.05) is 37.2 Å². The number of ether oxygens (including phenoxy) is 2. The molecule has 9 heteroatoms. The zero-order valence-electron chi connectivity index (χ0n) is 17.7. The van der Waals surface area contributed by atoms with Gasteiger partial charge in [-0.25, -0.2) is 8.42 Å². The molecule has 1 aliphatic rings. The van der Waals surface area contributed by atoms with E-state index < -0.39 is 10.0 Å². The number of anilines is 1. The second-order valence-corrected chi connectivity index (χ2v) is 9.10. The van der Waals surface area contributed by atoms with Crippen LogP contribution in [0.4, 0.5) is 5.69 Å². The predicted octanol–water partition coefficient (Wildman–Crippen LogP) is 1.92. The molecule has 1 aliphatic heterocycles. The van der Waals surface area contributed by atoms with Crippen molar-refractivity contribution in [3.05, 3.63) is 48.0 Å². The number of piperazine rings is 1. The number of amides is 1. The molecular weight excluding hydrogens is 406 g/mol. The summed E-state index contributed by atoms with van der Waals surface area (Å²) in [5.41, 5.74) is 1.54. The van der Waals surface area contributed by atoms with Crippen LogP contribution < -0.4 is 14.4 Å². The van der Waals surface area contributed by atoms with Crippen LogP contribution in [0.2, 0.25) is 0 Å². The first-order chi connectivity index (χ1) is 14.3. The van der Waals surface area contributed by atoms with Crippen molar-refractivity contribution >= 4 is 21.6 Å². The lowest BCUT2D eigenvalue weighted by Crippen LogP contribution is -2.50. The standard InChI is InChI=1S/C21H27N3O5S/c1-22(2)17-7-5-6-16(14-17)21(25)23-10-12-24(13-11-23)30(26,27)18-8-9-19(28-3)20(15-18)29-4/h5-9,14-15H,10-13H2,1-4H3. The molecule has 0 saturated carbocycles. The van der Waals surface area contributed by atoms with E-state index in [2.05, 4.69) is 0 Å². The molecule has 1 fully saturated rings. The van der Waals surface area contributed by atoms with Crippen molar-refractivity contribution in [2.45, 2.75) is 4.90 Å². The highest BCUT2D eigenvalue weighted by molar-refractivity contribution is 7.89. The third-order valence-corrected chi connectivity index (χ3v) is 7.02. The Morgan fingerprint density at radius 3 is 2.20 bits per heavy atom. The van der Waals surface area contributed by atoms with Crippen LogP contribution in [0.3, 0.4) is 0 Å². The lowest BCUT2D eigenvalue weighted by Gasteiger charge is -2.34. The Labute approximate surface area is 177 Å². The van der Waals surface area contributed by atoms with Crippen molar-refractivity contribution in [3.8, 4) is 11.5 Å². The molecule has 0 N–H and O–H groups in total. The Morgan fingerprint density at radius 1 is 0.933 bits per heavy atom. The predicted molar refractivity (Wildman–Crippen MR) is 115 cm³/mol. The fourth-order valence-electron chi connectivity index (χ4n) is 3.36. The van der Waals surface area contributed by atoms with Gasteiger partial charge in [-0.15, -0.1) is 0 Å². The van der Waals surface area contributed by atoms with Gasteiger partial charge < -0.3 is 19.3 Å². The SMILES string of the molecule is COc1ccc(S(=O)(=O)N2CCN(C(=O)c3cccc(N(C)C)c3)CC2)cc1OC. The first-order valence-corrected chi connectivity index (χ1v) is 11.0. The Kier molecular flexibility index (Phi) is 6.52. The Balaban J connectivity index is 1.72. The maximum absolute atomic E-state index is 13.0. The van der Waals surface area contributed by atoms with E-state index in [4.69, 9.17) is 9.47 Å². The van der Waals surface area contributed by atoms with Crippen LogP contribution in [-0.4, -0.2) is 78.0 Å². The molecule has 0 aliphatic carbocycles. The lowest BCUT2D eigenvalue weighted by atomic mass is 10.1. The average molecular weight is 434 g/mol. The Morgan fingerprint density at radius 2 is 1.60 bits per heavy atom. The van der Waals surface area contributed by atoms with Gasteiger partial charge in [-0.3, -0.25) is 4.79 Å². The van der Waals surface area contributed by atoms with E-state index in [1.54, 1.807) is 17.0 Å². The van der Waals surface area contributed by atoms with Crippen molar-refractivity contribution in [2.24, 2.45) is 0 Å². The van der Waals surface area contributed by atoms with E-state index in [9.17, 15) is 13.2 Å². The van der Waals surface area contributed by atoms with E-state index in [1.165, 1.54) is 30.7 Å². The molecular formula is C21H27N3O5S. The number of sulfonamides is 1.